The van der Waals surface area contributed by atoms with E-state index in [9.17, 15) is 4.79 Å². The fourth-order valence-corrected chi connectivity index (χ4v) is 4.73. The van der Waals surface area contributed by atoms with Crippen molar-refractivity contribution in [3.63, 3.8) is 0 Å². The molecule has 0 spiro atoms. The van der Waals surface area contributed by atoms with Crippen LogP contribution in [0.4, 0.5) is 0 Å². The molecule has 5 nitrogen and oxygen atoms in total. The topological polar surface area (TPSA) is 54.8 Å². The molecule has 0 bridgehead atoms. The van der Waals surface area contributed by atoms with Gasteiger partial charge < -0.3 is 9.64 Å². The molecule has 2 aromatic carbocycles. The van der Waals surface area contributed by atoms with Crippen LogP contribution in [0.25, 0.3) is 0 Å². The van der Waals surface area contributed by atoms with Crippen LogP contribution in [0.2, 0.25) is 0 Å². The largest absolute Gasteiger partial charge is 0.382 e. The molecule has 1 amide bonds. The van der Waals surface area contributed by atoms with E-state index in [0.717, 1.165) is 28.1 Å². The monoisotopic (exact) mass is 425 g/mol. The minimum atomic E-state index is -0.106. The van der Waals surface area contributed by atoms with Gasteiger partial charge in [0.15, 0.2) is 0 Å². The van der Waals surface area contributed by atoms with Gasteiger partial charge >= 0.3 is 0 Å². The predicted molar refractivity (Wildman–Crippen MR) is 125 cm³/mol. The van der Waals surface area contributed by atoms with Gasteiger partial charge in [-0.15, -0.1) is 0 Å². The van der Waals surface area contributed by atoms with Crippen LogP contribution in [-0.2, 0) is 29.0 Å². The molecule has 0 unspecified atom stereocenters. The highest BCUT2D eigenvalue weighted by Gasteiger charge is 2.32. The molecule has 0 fully saturated rings. The number of carbonyl (C=O) groups excluding carboxylic acids is 1. The Kier molecular flexibility index (Phi) is 5.35. The molecule has 0 saturated carbocycles. The third-order valence-corrected chi connectivity index (χ3v) is 6.42. The lowest BCUT2D eigenvalue weighted by atomic mass is 9.90. The molecule has 2 aliphatic rings. The van der Waals surface area contributed by atoms with Crippen LogP contribution in [0.1, 0.15) is 50.7 Å². The maximum Gasteiger partial charge on any atom is 0.227 e. The van der Waals surface area contributed by atoms with Crippen molar-refractivity contribution in [2.45, 2.75) is 39.4 Å². The van der Waals surface area contributed by atoms with Crippen molar-refractivity contribution in [2.75, 3.05) is 13.7 Å². The van der Waals surface area contributed by atoms with Crippen molar-refractivity contribution in [2.24, 2.45) is 4.99 Å². The van der Waals surface area contributed by atoms with E-state index in [1.54, 1.807) is 7.11 Å². The lowest BCUT2D eigenvalue weighted by Gasteiger charge is -2.36. The van der Waals surface area contributed by atoms with Gasteiger partial charge in [-0.3, -0.25) is 14.8 Å². The summed E-state index contributed by atoms with van der Waals surface area (Å²) in [6, 6.07) is 16.8. The van der Waals surface area contributed by atoms with Crippen molar-refractivity contribution in [1.82, 2.24) is 9.88 Å². The normalized spacial score (nSPS) is 15.9. The molecule has 3 heterocycles. The van der Waals surface area contributed by atoms with Crippen molar-refractivity contribution >= 4 is 11.6 Å². The van der Waals surface area contributed by atoms with Gasteiger partial charge in [0.1, 0.15) is 0 Å². The summed E-state index contributed by atoms with van der Waals surface area (Å²) in [7, 11) is 1.69. The molecule has 5 heteroatoms. The first-order valence-corrected chi connectivity index (χ1v) is 11.0. The van der Waals surface area contributed by atoms with E-state index in [2.05, 4.69) is 54.4 Å². The molecule has 0 saturated heterocycles. The van der Waals surface area contributed by atoms with Crippen molar-refractivity contribution < 1.29 is 9.53 Å². The maximum absolute atomic E-state index is 13.2. The molecule has 0 aliphatic carbocycles. The van der Waals surface area contributed by atoms with Crippen LogP contribution >= 0.6 is 0 Å². The lowest BCUT2D eigenvalue weighted by molar-refractivity contribution is -0.136. The molecule has 1 aromatic heterocycles. The fourth-order valence-electron chi connectivity index (χ4n) is 4.73. The number of carbonyl (C=O) groups is 1. The number of methoxy groups -OCH3 is 1. The summed E-state index contributed by atoms with van der Waals surface area (Å²) in [6.07, 6.45) is 2.25. The highest BCUT2D eigenvalue weighted by Crippen LogP contribution is 2.33. The van der Waals surface area contributed by atoms with Gasteiger partial charge in [0.2, 0.25) is 5.91 Å². The third kappa shape index (κ3) is 3.73. The number of benzene rings is 2. The first-order chi connectivity index (χ1) is 15.5. The lowest BCUT2D eigenvalue weighted by Crippen LogP contribution is -2.41. The fraction of sp³-hybridized carbons (Fsp3) is 0.296. The standard InChI is InChI=1S/C27H27N3O2/c1-17-4-6-19(7-5-17)25(16-32-3)30-15-23-12-24-22(11-21(23)13-26(30)31)14-29-27(24)20-8-9-28-18(2)10-20/h4-12,25H,13-16H2,1-3H3/t25-/m1/s1. The van der Waals surface area contributed by atoms with Gasteiger partial charge in [0.25, 0.3) is 0 Å². The molecule has 5 rings (SSSR count). The number of aromatic nitrogens is 1. The zero-order valence-corrected chi connectivity index (χ0v) is 18.8. The first kappa shape index (κ1) is 20.6. The van der Waals surface area contributed by atoms with Gasteiger partial charge in [0.05, 0.1) is 31.3 Å². The smallest absolute Gasteiger partial charge is 0.227 e. The van der Waals surface area contributed by atoms with Gasteiger partial charge in [0, 0.05) is 36.7 Å². The minimum Gasteiger partial charge on any atom is -0.382 e. The molecule has 0 N–H and O–H groups in total. The Hall–Kier alpha value is -3.31. The Bertz CT molecular complexity index is 1210. The molecule has 162 valence electrons. The Labute approximate surface area is 188 Å². The van der Waals surface area contributed by atoms with Gasteiger partial charge in [-0.1, -0.05) is 35.9 Å². The number of rotatable bonds is 5. The van der Waals surface area contributed by atoms with Crippen LogP contribution in [0.5, 0.6) is 0 Å². The Morgan fingerprint density at radius 2 is 1.84 bits per heavy atom. The van der Waals surface area contributed by atoms with Crippen LogP contribution in [0.3, 0.4) is 0 Å². The van der Waals surface area contributed by atoms with Crippen molar-refractivity contribution in [3.05, 3.63) is 99.4 Å². The SMILES string of the molecule is COC[C@H](c1ccc(C)cc1)N1Cc2cc3c(cc2CC1=O)CN=C3c1ccnc(C)c1. The summed E-state index contributed by atoms with van der Waals surface area (Å²) < 4.78 is 5.52. The number of nitrogens with zero attached hydrogens (tertiary/aromatic N) is 3. The minimum absolute atomic E-state index is 0.106. The third-order valence-electron chi connectivity index (χ3n) is 6.42. The van der Waals surface area contributed by atoms with Gasteiger partial charge in [-0.2, -0.15) is 0 Å². The second-order valence-corrected chi connectivity index (χ2v) is 8.71. The van der Waals surface area contributed by atoms with Crippen molar-refractivity contribution in [1.29, 1.82) is 0 Å². The molecule has 3 aromatic rings. The molecular weight excluding hydrogens is 398 g/mol. The average molecular weight is 426 g/mol. The predicted octanol–water partition coefficient (Wildman–Crippen LogP) is 4.32. The Morgan fingerprint density at radius 3 is 2.59 bits per heavy atom. The van der Waals surface area contributed by atoms with E-state index in [-0.39, 0.29) is 11.9 Å². The first-order valence-electron chi connectivity index (χ1n) is 11.0. The van der Waals surface area contributed by atoms with E-state index in [4.69, 9.17) is 9.73 Å². The summed E-state index contributed by atoms with van der Waals surface area (Å²) in [5.74, 6) is 0.143. The summed E-state index contributed by atoms with van der Waals surface area (Å²) in [5, 5.41) is 0. The van der Waals surface area contributed by atoms with E-state index >= 15 is 0 Å². The second kappa shape index (κ2) is 8.32. The van der Waals surface area contributed by atoms with E-state index < -0.39 is 0 Å². The molecule has 0 radical (unpaired) electrons. The zero-order valence-electron chi connectivity index (χ0n) is 18.8. The number of fused-ring (bicyclic) bond motifs is 2. The number of pyridine rings is 1. The second-order valence-electron chi connectivity index (χ2n) is 8.71. The van der Waals surface area contributed by atoms with Gasteiger partial charge in [-0.05, 0) is 54.3 Å². The molecule has 1 atom stereocenters. The van der Waals surface area contributed by atoms with Crippen LogP contribution < -0.4 is 0 Å². The quantitative estimate of drug-likeness (QED) is 0.612. The number of ether oxygens (including phenoxy) is 1. The summed E-state index contributed by atoms with van der Waals surface area (Å²) in [6.45, 7) is 5.77. The van der Waals surface area contributed by atoms with Crippen LogP contribution in [-0.4, -0.2) is 35.2 Å². The van der Waals surface area contributed by atoms with Gasteiger partial charge in [-0.25, -0.2) is 0 Å². The van der Waals surface area contributed by atoms with E-state index in [1.807, 2.05) is 24.1 Å². The highest BCUT2D eigenvalue weighted by atomic mass is 16.5. The number of aryl methyl sites for hydroxylation is 2. The number of hydrogen-bond acceptors (Lipinski definition) is 4. The zero-order chi connectivity index (χ0) is 22.2. The molecular formula is C27H27N3O2. The van der Waals surface area contributed by atoms with E-state index in [0.29, 0.717) is 26.1 Å². The molecule has 32 heavy (non-hydrogen) atoms. The van der Waals surface area contributed by atoms with E-state index in [1.165, 1.54) is 22.3 Å². The summed E-state index contributed by atoms with van der Waals surface area (Å²) in [5.41, 5.74) is 10.1. The van der Waals surface area contributed by atoms with Crippen molar-refractivity contribution in [3.8, 4) is 0 Å². The Balaban J connectivity index is 1.49. The molecule has 2 aliphatic heterocycles. The Morgan fingerprint density at radius 1 is 1.03 bits per heavy atom. The van der Waals surface area contributed by atoms with Crippen LogP contribution in [0, 0.1) is 13.8 Å². The maximum atomic E-state index is 13.2. The summed E-state index contributed by atoms with van der Waals surface area (Å²) >= 11 is 0. The summed E-state index contributed by atoms with van der Waals surface area (Å²) in [4.78, 5) is 24.3. The number of aliphatic imine (C=N–C) groups is 1. The highest BCUT2D eigenvalue weighted by molar-refractivity contribution is 6.15. The number of amides is 1. The number of hydrogen-bond donors (Lipinski definition) is 0. The van der Waals surface area contributed by atoms with Crippen LogP contribution in [0.15, 0.2) is 59.7 Å². The average Bonchev–Trinajstić information content (AvgIpc) is 3.19.